The fourth-order valence-corrected chi connectivity index (χ4v) is 3.08. The lowest BCUT2D eigenvalue weighted by atomic mass is 10.1. The molecule has 0 fully saturated rings. The maximum absolute atomic E-state index is 3.62. The summed E-state index contributed by atoms with van der Waals surface area (Å²) < 4.78 is 0. The zero-order valence-corrected chi connectivity index (χ0v) is 13.2. The van der Waals surface area contributed by atoms with Crippen LogP contribution < -0.4 is 10.2 Å². The molecule has 1 unspecified atom stereocenters. The summed E-state index contributed by atoms with van der Waals surface area (Å²) in [5.41, 5.74) is 6.91. The number of hydrogen-bond donors (Lipinski definition) is 1. The molecular weight excluding hydrogens is 256 g/mol. The first-order valence-electron chi connectivity index (χ1n) is 7.76. The van der Waals surface area contributed by atoms with Crippen LogP contribution in [0.15, 0.2) is 42.5 Å². The molecule has 1 heterocycles. The average Bonchev–Trinajstić information content (AvgIpc) is 2.61. The number of hydrogen-bond acceptors (Lipinski definition) is 2. The van der Waals surface area contributed by atoms with E-state index in [1.807, 2.05) is 0 Å². The van der Waals surface area contributed by atoms with E-state index in [1.165, 1.54) is 27.9 Å². The number of rotatable bonds is 2. The third-order valence-electron chi connectivity index (χ3n) is 4.33. The predicted molar refractivity (Wildman–Crippen MR) is 89.7 cm³/mol. The summed E-state index contributed by atoms with van der Waals surface area (Å²) >= 11 is 0. The molecule has 0 radical (unpaired) electrons. The van der Waals surface area contributed by atoms with Crippen LogP contribution in [-0.2, 0) is 13.1 Å². The lowest BCUT2D eigenvalue weighted by molar-refractivity contribution is 0.552. The van der Waals surface area contributed by atoms with Crippen LogP contribution in [0.5, 0.6) is 0 Å². The van der Waals surface area contributed by atoms with Gasteiger partial charge in [0.1, 0.15) is 0 Å². The molecular formula is C19H24N2. The SMILES string of the molecule is Cc1ccc2c(c1)CNC(C)CN2Cc1ccccc1C. The summed E-state index contributed by atoms with van der Waals surface area (Å²) in [5.74, 6) is 0. The van der Waals surface area contributed by atoms with Gasteiger partial charge in [-0.3, -0.25) is 0 Å². The van der Waals surface area contributed by atoms with Crippen molar-refractivity contribution >= 4 is 5.69 Å². The molecule has 1 atom stereocenters. The Kier molecular flexibility index (Phi) is 3.98. The van der Waals surface area contributed by atoms with E-state index in [0.717, 1.165) is 19.6 Å². The molecule has 2 nitrogen and oxygen atoms in total. The lowest BCUT2D eigenvalue weighted by Crippen LogP contribution is -2.35. The van der Waals surface area contributed by atoms with Gasteiger partial charge in [0.2, 0.25) is 0 Å². The quantitative estimate of drug-likeness (QED) is 0.900. The van der Waals surface area contributed by atoms with Crippen molar-refractivity contribution in [2.75, 3.05) is 11.4 Å². The molecule has 0 aliphatic carbocycles. The Morgan fingerprint density at radius 3 is 2.76 bits per heavy atom. The molecule has 2 aromatic carbocycles. The van der Waals surface area contributed by atoms with Crippen LogP contribution in [0.3, 0.4) is 0 Å². The smallest absolute Gasteiger partial charge is 0.0432 e. The van der Waals surface area contributed by atoms with E-state index in [4.69, 9.17) is 0 Å². The van der Waals surface area contributed by atoms with Gasteiger partial charge >= 0.3 is 0 Å². The van der Waals surface area contributed by atoms with E-state index >= 15 is 0 Å². The summed E-state index contributed by atoms with van der Waals surface area (Å²) in [6.07, 6.45) is 0. The van der Waals surface area contributed by atoms with Crippen molar-refractivity contribution < 1.29 is 0 Å². The van der Waals surface area contributed by atoms with Crippen molar-refractivity contribution in [1.29, 1.82) is 0 Å². The number of benzene rings is 2. The third kappa shape index (κ3) is 3.11. The minimum atomic E-state index is 0.502. The van der Waals surface area contributed by atoms with Crippen molar-refractivity contribution in [3.8, 4) is 0 Å². The minimum absolute atomic E-state index is 0.502. The number of aryl methyl sites for hydroxylation is 2. The van der Waals surface area contributed by atoms with Crippen molar-refractivity contribution in [3.63, 3.8) is 0 Å². The molecule has 2 aromatic rings. The van der Waals surface area contributed by atoms with Crippen LogP contribution in [0.2, 0.25) is 0 Å². The van der Waals surface area contributed by atoms with Crippen molar-refractivity contribution in [3.05, 3.63) is 64.7 Å². The van der Waals surface area contributed by atoms with Gasteiger partial charge < -0.3 is 10.2 Å². The molecule has 0 saturated heterocycles. The Labute approximate surface area is 127 Å². The fraction of sp³-hybridized carbons (Fsp3) is 0.368. The van der Waals surface area contributed by atoms with E-state index < -0.39 is 0 Å². The Hall–Kier alpha value is -1.80. The molecule has 2 heteroatoms. The molecule has 0 spiro atoms. The number of fused-ring (bicyclic) bond motifs is 1. The van der Waals surface area contributed by atoms with Crippen LogP contribution in [0.4, 0.5) is 5.69 Å². The number of nitrogens with one attached hydrogen (secondary N) is 1. The first-order chi connectivity index (χ1) is 10.1. The van der Waals surface area contributed by atoms with Gasteiger partial charge in [0.25, 0.3) is 0 Å². The van der Waals surface area contributed by atoms with Gasteiger partial charge in [-0.25, -0.2) is 0 Å². The van der Waals surface area contributed by atoms with Crippen molar-refractivity contribution in [2.45, 2.75) is 39.9 Å². The molecule has 21 heavy (non-hydrogen) atoms. The Balaban J connectivity index is 1.95. The Morgan fingerprint density at radius 2 is 1.95 bits per heavy atom. The molecule has 1 aliphatic rings. The van der Waals surface area contributed by atoms with Crippen LogP contribution in [0.25, 0.3) is 0 Å². The number of nitrogens with zero attached hydrogens (tertiary/aromatic N) is 1. The summed E-state index contributed by atoms with van der Waals surface area (Å²) in [6, 6.07) is 16.0. The van der Waals surface area contributed by atoms with Gasteiger partial charge in [-0.05, 0) is 43.5 Å². The Bertz CT molecular complexity index is 633. The second-order valence-electron chi connectivity index (χ2n) is 6.22. The second kappa shape index (κ2) is 5.90. The molecule has 0 saturated carbocycles. The van der Waals surface area contributed by atoms with E-state index in [2.05, 4.69) is 73.5 Å². The van der Waals surface area contributed by atoms with Crippen LogP contribution in [0, 0.1) is 13.8 Å². The first-order valence-corrected chi connectivity index (χ1v) is 7.76. The monoisotopic (exact) mass is 280 g/mol. The van der Waals surface area contributed by atoms with E-state index in [0.29, 0.717) is 6.04 Å². The highest BCUT2D eigenvalue weighted by atomic mass is 15.2. The molecule has 1 aliphatic heterocycles. The van der Waals surface area contributed by atoms with Gasteiger partial charge in [0.05, 0.1) is 0 Å². The van der Waals surface area contributed by atoms with Crippen molar-refractivity contribution in [1.82, 2.24) is 5.32 Å². The molecule has 110 valence electrons. The lowest BCUT2D eigenvalue weighted by Gasteiger charge is -2.27. The molecule has 0 amide bonds. The predicted octanol–water partition coefficient (Wildman–Crippen LogP) is 3.80. The summed E-state index contributed by atoms with van der Waals surface area (Å²) in [6.45, 7) is 9.62. The number of anilines is 1. The zero-order valence-electron chi connectivity index (χ0n) is 13.2. The molecule has 1 N–H and O–H groups in total. The summed E-state index contributed by atoms with van der Waals surface area (Å²) in [4.78, 5) is 2.52. The van der Waals surface area contributed by atoms with E-state index in [1.54, 1.807) is 0 Å². The van der Waals surface area contributed by atoms with Gasteiger partial charge in [-0.1, -0.05) is 42.0 Å². The van der Waals surface area contributed by atoms with Crippen molar-refractivity contribution in [2.24, 2.45) is 0 Å². The topological polar surface area (TPSA) is 15.3 Å². The van der Waals surface area contributed by atoms with Crippen LogP contribution in [0.1, 0.15) is 29.2 Å². The van der Waals surface area contributed by atoms with Gasteiger partial charge in [0, 0.05) is 31.4 Å². The maximum atomic E-state index is 3.62. The average molecular weight is 280 g/mol. The minimum Gasteiger partial charge on any atom is -0.365 e. The molecule has 3 rings (SSSR count). The Morgan fingerprint density at radius 1 is 1.14 bits per heavy atom. The van der Waals surface area contributed by atoms with Crippen LogP contribution >= 0.6 is 0 Å². The zero-order chi connectivity index (χ0) is 14.8. The van der Waals surface area contributed by atoms with E-state index in [9.17, 15) is 0 Å². The molecule has 0 aromatic heterocycles. The largest absolute Gasteiger partial charge is 0.365 e. The highest BCUT2D eigenvalue weighted by Gasteiger charge is 2.19. The summed E-state index contributed by atoms with van der Waals surface area (Å²) in [7, 11) is 0. The van der Waals surface area contributed by atoms with Gasteiger partial charge in [-0.15, -0.1) is 0 Å². The van der Waals surface area contributed by atoms with Gasteiger partial charge in [-0.2, -0.15) is 0 Å². The maximum Gasteiger partial charge on any atom is 0.0432 e. The normalized spacial score (nSPS) is 18.2. The summed E-state index contributed by atoms with van der Waals surface area (Å²) in [5, 5.41) is 3.62. The molecule has 0 bridgehead atoms. The standard InChI is InChI=1S/C19H24N2/c1-14-8-9-19-18(10-14)11-20-16(3)12-21(19)13-17-7-5-4-6-15(17)2/h4-10,16,20H,11-13H2,1-3H3. The first kappa shape index (κ1) is 14.2. The fourth-order valence-electron chi connectivity index (χ4n) is 3.08. The third-order valence-corrected chi connectivity index (χ3v) is 4.33. The van der Waals surface area contributed by atoms with Gasteiger partial charge in [0.15, 0.2) is 0 Å². The van der Waals surface area contributed by atoms with Crippen LogP contribution in [-0.4, -0.2) is 12.6 Å². The highest BCUT2D eigenvalue weighted by Crippen LogP contribution is 2.27. The second-order valence-corrected chi connectivity index (χ2v) is 6.22. The van der Waals surface area contributed by atoms with E-state index in [-0.39, 0.29) is 0 Å². The highest BCUT2D eigenvalue weighted by molar-refractivity contribution is 5.56.